The number of halogens is 1. The van der Waals surface area contributed by atoms with E-state index in [0.717, 1.165) is 35.8 Å². The molecule has 174 valence electrons. The van der Waals surface area contributed by atoms with Gasteiger partial charge in [0.2, 0.25) is 5.91 Å². The lowest BCUT2D eigenvalue weighted by Crippen LogP contribution is -2.23. The number of nitrogens with zero attached hydrogens (tertiary/aromatic N) is 1. The highest BCUT2D eigenvalue weighted by Crippen LogP contribution is 2.34. The van der Waals surface area contributed by atoms with E-state index in [1.807, 2.05) is 51.1 Å². The van der Waals surface area contributed by atoms with Crippen molar-refractivity contribution in [1.29, 1.82) is 0 Å². The number of amides is 2. The van der Waals surface area contributed by atoms with Crippen LogP contribution in [-0.2, 0) is 4.79 Å². The molecule has 0 aliphatic carbocycles. The van der Waals surface area contributed by atoms with E-state index in [-0.39, 0.29) is 17.1 Å². The SMILES string of the molecule is Cc1cc(C)c(NC(=O)C(C)Sc2nc3ccc(NC(=O)c4ccc(Br)cc4)cc3s2)c(C)c1. The highest BCUT2D eigenvalue weighted by atomic mass is 79.9. The minimum atomic E-state index is -0.308. The second-order valence-corrected chi connectivity index (χ2v) is 11.7. The predicted molar refractivity (Wildman–Crippen MR) is 146 cm³/mol. The van der Waals surface area contributed by atoms with Gasteiger partial charge in [0.15, 0.2) is 4.34 Å². The molecular weight excluding hydrogens is 530 g/mol. The summed E-state index contributed by atoms with van der Waals surface area (Å²) < 4.78 is 2.69. The highest BCUT2D eigenvalue weighted by Gasteiger charge is 2.19. The third kappa shape index (κ3) is 5.68. The Hall–Kier alpha value is -2.68. The molecule has 1 aromatic heterocycles. The number of fused-ring (bicyclic) bond motifs is 1. The number of hydrogen-bond donors (Lipinski definition) is 2. The number of aryl methyl sites for hydroxylation is 3. The number of thiazole rings is 1. The molecule has 0 aliphatic rings. The van der Waals surface area contributed by atoms with E-state index in [9.17, 15) is 9.59 Å². The van der Waals surface area contributed by atoms with Crippen LogP contribution in [0.25, 0.3) is 10.2 Å². The zero-order valence-electron chi connectivity index (χ0n) is 19.2. The van der Waals surface area contributed by atoms with E-state index < -0.39 is 0 Å². The molecule has 5 nitrogen and oxygen atoms in total. The van der Waals surface area contributed by atoms with Crippen molar-refractivity contribution in [3.8, 4) is 0 Å². The molecule has 2 amide bonds. The first-order chi connectivity index (χ1) is 16.2. The van der Waals surface area contributed by atoms with Gasteiger partial charge >= 0.3 is 0 Å². The van der Waals surface area contributed by atoms with Crippen LogP contribution in [0.5, 0.6) is 0 Å². The molecule has 0 saturated heterocycles. The minimum absolute atomic E-state index is 0.0539. The third-order valence-electron chi connectivity index (χ3n) is 5.31. The van der Waals surface area contributed by atoms with Crippen molar-refractivity contribution >= 4 is 72.4 Å². The van der Waals surface area contributed by atoms with Crippen molar-refractivity contribution < 1.29 is 9.59 Å². The van der Waals surface area contributed by atoms with Gasteiger partial charge in [-0.05, 0) is 81.3 Å². The summed E-state index contributed by atoms with van der Waals surface area (Å²) >= 11 is 6.32. The zero-order valence-corrected chi connectivity index (χ0v) is 22.5. The van der Waals surface area contributed by atoms with Gasteiger partial charge in [-0.1, -0.05) is 45.4 Å². The second-order valence-electron chi connectivity index (χ2n) is 8.15. The van der Waals surface area contributed by atoms with Gasteiger partial charge in [-0.25, -0.2) is 4.98 Å². The van der Waals surface area contributed by atoms with Crippen molar-refractivity contribution in [3.63, 3.8) is 0 Å². The monoisotopic (exact) mass is 553 g/mol. The van der Waals surface area contributed by atoms with Gasteiger partial charge < -0.3 is 10.6 Å². The van der Waals surface area contributed by atoms with E-state index in [1.54, 1.807) is 12.1 Å². The molecule has 2 N–H and O–H groups in total. The van der Waals surface area contributed by atoms with Gasteiger partial charge in [-0.3, -0.25) is 9.59 Å². The fourth-order valence-electron chi connectivity index (χ4n) is 3.64. The smallest absolute Gasteiger partial charge is 0.255 e. The summed E-state index contributed by atoms with van der Waals surface area (Å²) in [5.41, 5.74) is 6.30. The molecule has 0 fully saturated rings. The van der Waals surface area contributed by atoms with E-state index in [0.29, 0.717) is 11.3 Å². The van der Waals surface area contributed by atoms with Crippen LogP contribution >= 0.6 is 39.0 Å². The predicted octanol–water partition coefficient (Wildman–Crippen LogP) is 7.36. The maximum absolute atomic E-state index is 12.8. The van der Waals surface area contributed by atoms with Crippen molar-refractivity contribution in [2.75, 3.05) is 10.6 Å². The van der Waals surface area contributed by atoms with E-state index in [2.05, 4.69) is 50.6 Å². The van der Waals surface area contributed by atoms with Crippen LogP contribution in [0, 0.1) is 20.8 Å². The molecule has 0 aliphatic heterocycles. The van der Waals surface area contributed by atoms with Crippen LogP contribution in [0.4, 0.5) is 11.4 Å². The average Bonchev–Trinajstić information content (AvgIpc) is 3.17. The minimum Gasteiger partial charge on any atom is -0.325 e. The Bertz CT molecular complexity index is 1360. The Morgan fingerprint density at radius 3 is 2.32 bits per heavy atom. The molecular formula is C26H24BrN3O2S2. The van der Waals surface area contributed by atoms with Gasteiger partial charge in [0.25, 0.3) is 5.91 Å². The molecule has 4 rings (SSSR count). The van der Waals surface area contributed by atoms with Gasteiger partial charge in [-0.2, -0.15) is 0 Å². The van der Waals surface area contributed by atoms with Gasteiger partial charge in [0.05, 0.1) is 15.5 Å². The molecule has 4 aromatic rings. The van der Waals surface area contributed by atoms with Crippen LogP contribution in [-0.4, -0.2) is 22.0 Å². The maximum atomic E-state index is 12.8. The molecule has 0 bridgehead atoms. The standard InChI is InChI=1S/C26H24BrN3O2S2/c1-14-11-15(2)23(16(3)12-14)30-24(31)17(4)33-26-29-21-10-9-20(13-22(21)34-26)28-25(32)18-5-7-19(27)8-6-18/h5-13,17H,1-4H3,(H,28,32)(H,30,31). The molecule has 1 atom stereocenters. The molecule has 0 spiro atoms. The van der Waals surface area contributed by atoms with Gasteiger partial charge in [0, 0.05) is 21.4 Å². The first-order valence-corrected chi connectivity index (χ1v) is 13.2. The summed E-state index contributed by atoms with van der Waals surface area (Å²) in [6, 6.07) is 17.0. The number of nitrogens with one attached hydrogen (secondary N) is 2. The Morgan fingerprint density at radius 2 is 1.65 bits per heavy atom. The molecule has 0 saturated carbocycles. The summed E-state index contributed by atoms with van der Waals surface area (Å²) in [5.74, 6) is -0.222. The molecule has 34 heavy (non-hydrogen) atoms. The first-order valence-electron chi connectivity index (χ1n) is 10.7. The molecule has 3 aromatic carbocycles. The lowest BCUT2D eigenvalue weighted by atomic mass is 10.1. The number of anilines is 2. The highest BCUT2D eigenvalue weighted by molar-refractivity contribution is 9.10. The maximum Gasteiger partial charge on any atom is 0.255 e. The van der Waals surface area contributed by atoms with E-state index in [1.165, 1.54) is 28.7 Å². The summed E-state index contributed by atoms with van der Waals surface area (Å²) in [7, 11) is 0. The Kier molecular flexibility index (Phi) is 7.40. The molecule has 1 unspecified atom stereocenters. The van der Waals surface area contributed by atoms with Crippen molar-refractivity contribution in [2.45, 2.75) is 37.3 Å². The van der Waals surface area contributed by atoms with E-state index >= 15 is 0 Å². The first kappa shape index (κ1) is 24.4. The van der Waals surface area contributed by atoms with Crippen LogP contribution in [0.1, 0.15) is 34.0 Å². The van der Waals surface area contributed by atoms with E-state index in [4.69, 9.17) is 0 Å². The zero-order chi connectivity index (χ0) is 24.4. The van der Waals surface area contributed by atoms with Crippen molar-refractivity contribution in [3.05, 3.63) is 81.3 Å². The molecule has 1 heterocycles. The summed E-state index contributed by atoms with van der Waals surface area (Å²) in [5, 5.41) is 5.70. The van der Waals surface area contributed by atoms with Gasteiger partial charge in [0.1, 0.15) is 0 Å². The van der Waals surface area contributed by atoms with Crippen LogP contribution < -0.4 is 10.6 Å². The third-order valence-corrected chi connectivity index (χ3v) is 8.05. The summed E-state index contributed by atoms with van der Waals surface area (Å²) in [4.78, 5) is 30.0. The summed E-state index contributed by atoms with van der Waals surface area (Å²) in [6.45, 7) is 7.95. The largest absolute Gasteiger partial charge is 0.325 e. The Morgan fingerprint density at radius 1 is 0.971 bits per heavy atom. The normalized spacial score (nSPS) is 11.9. The molecule has 8 heteroatoms. The number of carbonyl (C=O) groups excluding carboxylic acids is 2. The molecule has 0 radical (unpaired) electrons. The number of aromatic nitrogens is 1. The fourth-order valence-corrected chi connectivity index (χ4v) is 6.16. The number of thioether (sulfide) groups is 1. The Labute approximate surface area is 215 Å². The van der Waals surface area contributed by atoms with Crippen LogP contribution in [0.15, 0.2) is 63.4 Å². The van der Waals surface area contributed by atoms with Crippen molar-refractivity contribution in [1.82, 2.24) is 4.98 Å². The van der Waals surface area contributed by atoms with Crippen LogP contribution in [0.3, 0.4) is 0 Å². The fraction of sp³-hybridized carbons (Fsp3) is 0.192. The lowest BCUT2D eigenvalue weighted by Gasteiger charge is -2.15. The topological polar surface area (TPSA) is 71.1 Å². The average molecular weight is 555 g/mol. The Balaban J connectivity index is 1.44. The lowest BCUT2D eigenvalue weighted by molar-refractivity contribution is -0.115. The number of hydrogen-bond acceptors (Lipinski definition) is 5. The van der Waals surface area contributed by atoms with Gasteiger partial charge in [-0.15, -0.1) is 11.3 Å². The second kappa shape index (κ2) is 10.3. The van der Waals surface area contributed by atoms with Crippen LogP contribution in [0.2, 0.25) is 0 Å². The number of benzene rings is 3. The quantitative estimate of drug-likeness (QED) is 0.245. The summed E-state index contributed by atoms with van der Waals surface area (Å²) in [6.07, 6.45) is 0. The number of rotatable bonds is 6. The number of carbonyl (C=O) groups is 2. The van der Waals surface area contributed by atoms with Crippen molar-refractivity contribution in [2.24, 2.45) is 0 Å².